The zero-order valence-electron chi connectivity index (χ0n) is 10.6. The maximum atomic E-state index is 5.99. The Bertz CT molecular complexity index is 705. The van der Waals surface area contributed by atoms with Crippen molar-refractivity contribution < 1.29 is 0 Å². The third kappa shape index (κ3) is 2.93. The summed E-state index contributed by atoms with van der Waals surface area (Å²) < 4.78 is 2.14. The standard InChI is InChI=1S/C15H12Cl2N2.ClH/c16-9-15-18-13-3-1-2-4-14(13)19(15)10-11-5-7-12(17)8-6-11;/h1-8H,9-10H2;1H. The monoisotopic (exact) mass is 326 g/mol. The van der Waals surface area contributed by atoms with Gasteiger partial charge < -0.3 is 4.57 Å². The molecule has 0 fully saturated rings. The van der Waals surface area contributed by atoms with E-state index < -0.39 is 0 Å². The molecule has 0 aliphatic rings. The summed E-state index contributed by atoms with van der Waals surface area (Å²) in [5, 5.41) is 0.747. The number of imidazole rings is 1. The molecule has 5 heteroatoms. The maximum absolute atomic E-state index is 5.99. The number of halogens is 3. The van der Waals surface area contributed by atoms with E-state index in [4.69, 9.17) is 23.2 Å². The van der Waals surface area contributed by atoms with E-state index in [1.807, 2.05) is 42.5 Å². The van der Waals surface area contributed by atoms with Gasteiger partial charge in [0.05, 0.1) is 16.9 Å². The third-order valence-electron chi connectivity index (χ3n) is 3.11. The van der Waals surface area contributed by atoms with E-state index >= 15 is 0 Å². The smallest absolute Gasteiger partial charge is 0.125 e. The first kappa shape index (κ1) is 15.2. The van der Waals surface area contributed by atoms with Crippen LogP contribution in [0.2, 0.25) is 5.02 Å². The van der Waals surface area contributed by atoms with Crippen molar-refractivity contribution in [1.29, 1.82) is 0 Å². The third-order valence-corrected chi connectivity index (χ3v) is 3.60. The van der Waals surface area contributed by atoms with Crippen molar-refractivity contribution in [3.05, 3.63) is 64.9 Å². The van der Waals surface area contributed by atoms with E-state index in [0.29, 0.717) is 5.88 Å². The molecule has 0 spiro atoms. The van der Waals surface area contributed by atoms with Gasteiger partial charge in [-0.25, -0.2) is 4.98 Å². The van der Waals surface area contributed by atoms with Crippen LogP contribution in [0.1, 0.15) is 11.4 Å². The highest BCUT2D eigenvalue weighted by molar-refractivity contribution is 6.30. The minimum atomic E-state index is 0. The van der Waals surface area contributed by atoms with Crippen molar-refractivity contribution in [1.82, 2.24) is 9.55 Å². The van der Waals surface area contributed by atoms with Gasteiger partial charge in [-0.3, -0.25) is 0 Å². The summed E-state index contributed by atoms with van der Waals surface area (Å²) >= 11 is 11.9. The lowest BCUT2D eigenvalue weighted by atomic mass is 10.2. The second kappa shape index (κ2) is 6.49. The van der Waals surface area contributed by atoms with Gasteiger partial charge in [0.15, 0.2) is 0 Å². The number of hydrogen-bond donors (Lipinski definition) is 0. The number of alkyl halides is 1. The van der Waals surface area contributed by atoms with Gasteiger partial charge in [0.1, 0.15) is 5.82 Å². The Hall–Kier alpha value is -1.22. The van der Waals surface area contributed by atoms with Gasteiger partial charge in [-0.15, -0.1) is 24.0 Å². The first-order valence-corrected chi connectivity index (χ1v) is 6.94. The maximum Gasteiger partial charge on any atom is 0.125 e. The molecule has 0 radical (unpaired) electrons. The van der Waals surface area contributed by atoms with Crippen LogP contribution in [-0.2, 0) is 12.4 Å². The van der Waals surface area contributed by atoms with Crippen LogP contribution in [-0.4, -0.2) is 9.55 Å². The molecule has 0 saturated heterocycles. The molecule has 3 aromatic rings. The van der Waals surface area contributed by atoms with Gasteiger partial charge in [-0.05, 0) is 29.8 Å². The van der Waals surface area contributed by atoms with Gasteiger partial charge in [-0.2, -0.15) is 0 Å². The Morgan fingerprint density at radius 2 is 1.70 bits per heavy atom. The molecule has 0 bridgehead atoms. The summed E-state index contributed by atoms with van der Waals surface area (Å²) in [6.07, 6.45) is 0. The van der Waals surface area contributed by atoms with Crippen molar-refractivity contribution in [3.8, 4) is 0 Å². The molecule has 2 nitrogen and oxygen atoms in total. The highest BCUT2D eigenvalue weighted by atomic mass is 35.5. The molecule has 0 aliphatic carbocycles. The fraction of sp³-hybridized carbons (Fsp3) is 0.133. The van der Waals surface area contributed by atoms with E-state index in [-0.39, 0.29) is 12.4 Å². The SMILES string of the molecule is Cl.ClCc1nc2ccccc2n1Cc1ccc(Cl)cc1. The molecule has 0 N–H and O–H groups in total. The van der Waals surface area contributed by atoms with Crippen LogP contribution in [0, 0.1) is 0 Å². The minimum absolute atomic E-state index is 0. The molecule has 0 saturated carbocycles. The van der Waals surface area contributed by atoms with Crippen LogP contribution >= 0.6 is 35.6 Å². The zero-order chi connectivity index (χ0) is 13.2. The molecule has 2 aromatic carbocycles. The van der Waals surface area contributed by atoms with Crippen LogP contribution in [0.25, 0.3) is 11.0 Å². The summed E-state index contributed by atoms with van der Waals surface area (Å²) in [6.45, 7) is 0.750. The van der Waals surface area contributed by atoms with Crippen molar-refractivity contribution in [2.75, 3.05) is 0 Å². The van der Waals surface area contributed by atoms with Crippen molar-refractivity contribution >= 4 is 46.6 Å². The Balaban J connectivity index is 0.00000147. The molecule has 0 amide bonds. The largest absolute Gasteiger partial charge is 0.322 e. The van der Waals surface area contributed by atoms with Gasteiger partial charge >= 0.3 is 0 Å². The molecule has 3 rings (SSSR count). The fourth-order valence-corrected chi connectivity index (χ4v) is 2.51. The summed E-state index contributed by atoms with van der Waals surface area (Å²) in [4.78, 5) is 4.55. The van der Waals surface area contributed by atoms with Crippen LogP contribution in [0.3, 0.4) is 0 Å². The zero-order valence-corrected chi connectivity index (χ0v) is 12.9. The fourth-order valence-electron chi connectivity index (χ4n) is 2.18. The molecule has 104 valence electrons. The van der Waals surface area contributed by atoms with E-state index in [1.165, 1.54) is 5.56 Å². The van der Waals surface area contributed by atoms with Crippen molar-refractivity contribution in [2.24, 2.45) is 0 Å². The average molecular weight is 328 g/mol. The van der Waals surface area contributed by atoms with Crippen molar-refractivity contribution in [3.63, 3.8) is 0 Å². The van der Waals surface area contributed by atoms with Crippen molar-refractivity contribution in [2.45, 2.75) is 12.4 Å². The lowest BCUT2D eigenvalue weighted by molar-refractivity contribution is 0.779. The molecule has 0 aliphatic heterocycles. The Kier molecular flexibility index (Phi) is 4.92. The van der Waals surface area contributed by atoms with Crippen LogP contribution in [0.5, 0.6) is 0 Å². The summed E-state index contributed by atoms with van der Waals surface area (Å²) in [7, 11) is 0. The van der Waals surface area contributed by atoms with Gasteiger partial charge in [0.2, 0.25) is 0 Å². The highest BCUT2D eigenvalue weighted by Gasteiger charge is 2.09. The van der Waals surface area contributed by atoms with Crippen LogP contribution in [0.15, 0.2) is 48.5 Å². The number of nitrogens with zero attached hydrogens (tertiary/aromatic N) is 2. The predicted molar refractivity (Wildman–Crippen MR) is 87.1 cm³/mol. The molecule has 0 unspecified atom stereocenters. The lowest BCUT2D eigenvalue weighted by Gasteiger charge is -2.08. The van der Waals surface area contributed by atoms with Crippen LogP contribution < -0.4 is 0 Å². The first-order valence-electron chi connectivity index (χ1n) is 6.02. The molecule has 20 heavy (non-hydrogen) atoms. The number of benzene rings is 2. The number of aromatic nitrogens is 2. The first-order chi connectivity index (χ1) is 9.28. The summed E-state index contributed by atoms with van der Waals surface area (Å²) in [5.41, 5.74) is 3.26. The van der Waals surface area contributed by atoms with E-state index in [9.17, 15) is 0 Å². The second-order valence-electron chi connectivity index (χ2n) is 4.36. The average Bonchev–Trinajstić information content (AvgIpc) is 2.79. The topological polar surface area (TPSA) is 17.8 Å². The van der Waals surface area contributed by atoms with Gasteiger partial charge in [-0.1, -0.05) is 35.9 Å². The number of rotatable bonds is 3. The molecule has 1 heterocycles. The van der Waals surface area contributed by atoms with Gasteiger partial charge in [0.25, 0.3) is 0 Å². The molecule has 0 atom stereocenters. The van der Waals surface area contributed by atoms with E-state index in [2.05, 4.69) is 15.6 Å². The number of fused-ring (bicyclic) bond motifs is 1. The molecule has 1 aromatic heterocycles. The predicted octanol–water partition coefficient (Wildman–Crippen LogP) is 4.90. The normalized spacial score (nSPS) is 10.5. The minimum Gasteiger partial charge on any atom is -0.322 e. The summed E-state index contributed by atoms with van der Waals surface area (Å²) in [6, 6.07) is 15.9. The Morgan fingerprint density at radius 3 is 2.40 bits per heavy atom. The second-order valence-corrected chi connectivity index (χ2v) is 5.07. The van der Waals surface area contributed by atoms with Gasteiger partial charge in [0, 0.05) is 11.6 Å². The number of hydrogen-bond acceptors (Lipinski definition) is 1. The molecular formula is C15H13Cl3N2. The highest BCUT2D eigenvalue weighted by Crippen LogP contribution is 2.19. The van der Waals surface area contributed by atoms with Crippen LogP contribution in [0.4, 0.5) is 0 Å². The summed E-state index contributed by atoms with van der Waals surface area (Å²) in [5.74, 6) is 1.29. The van der Waals surface area contributed by atoms with E-state index in [1.54, 1.807) is 0 Å². The molecular weight excluding hydrogens is 315 g/mol. The number of para-hydroxylation sites is 2. The Morgan fingerprint density at radius 1 is 1.00 bits per heavy atom. The lowest BCUT2D eigenvalue weighted by Crippen LogP contribution is -2.03. The Labute approximate surface area is 133 Å². The quantitative estimate of drug-likeness (QED) is 0.626. The van der Waals surface area contributed by atoms with E-state index in [0.717, 1.165) is 28.4 Å².